The van der Waals surface area contributed by atoms with Gasteiger partial charge >= 0.3 is 6.03 Å². The molecule has 0 bridgehead atoms. The summed E-state index contributed by atoms with van der Waals surface area (Å²) in [4.78, 5) is 9.59. The van der Waals surface area contributed by atoms with Crippen LogP contribution in [-0.2, 0) is 0 Å². The Kier molecular flexibility index (Phi) is 1.69. The number of carbonyl (C=O) groups is 1. The van der Waals surface area contributed by atoms with Crippen LogP contribution in [0.1, 0.15) is 0 Å². The van der Waals surface area contributed by atoms with Crippen LogP contribution in [0.2, 0.25) is 0 Å². The monoisotopic (exact) mass is 109 g/mol. The Labute approximate surface area is 39.7 Å². The van der Waals surface area contributed by atoms with Gasteiger partial charge in [-0.25, -0.2) is 10.6 Å². The van der Waals surface area contributed by atoms with Gasteiger partial charge in [0.05, 0.1) is 0 Å². The molecule has 4 N–H and O–H groups in total. The van der Waals surface area contributed by atoms with E-state index >= 15 is 0 Å². The summed E-state index contributed by atoms with van der Waals surface area (Å²) in [6.07, 6.45) is 0. The highest BCUT2D eigenvalue weighted by Crippen LogP contribution is 1.76. The molecule has 2 amide bonds. The van der Waals surface area contributed by atoms with Crippen molar-refractivity contribution < 1.29 is 4.79 Å². The highest BCUT2D eigenvalue weighted by atomic mass is 35.5. The maximum Gasteiger partial charge on any atom is 0.344 e. The molecule has 0 saturated heterocycles. The summed E-state index contributed by atoms with van der Waals surface area (Å²) in [5, 5.41) is 0. The van der Waals surface area contributed by atoms with Crippen molar-refractivity contribution in [2.75, 3.05) is 0 Å². The number of nitrogens with zero attached hydrogens (tertiary/aromatic N) is 1. The molecular formula is CH4ClN3O. The predicted octanol–water partition coefficient (Wildman–Crippen LogP) is -0.605. The van der Waals surface area contributed by atoms with E-state index in [1.807, 2.05) is 0 Å². The molecule has 0 aromatic carbocycles. The Balaban J connectivity index is 3.26. The first kappa shape index (κ1) is 5.52. The van der Waals surface area contributed by atoms with Gasteiger partial charge in [0.2, 0.25) is 0 Å². The quantitative estimate of drug-likeness (QED) is 0.189. The number of primary amides is 1. The lowest BCUT2D eigenvalue weighted by Gasteiger charge is -1.96. The zero-order valence-corrected chi connectivity index (χ0v) is 3.64. The Morgan fingerprint density at radius 3 is 2.00 bits per heavy atom. The van der Waals surface area contributed by atoms with Crippen LogP contribution in [0.5, 0.6) is 0 Å². The van der Waals surface area contributed by atoms with Crippen LogP contribution in [0.15, 0.2) is 0 Å². The minimum Gasteiger partial charge on any atom is -0.349 e. The van der Waals surface area contributed by atoms with E-state index < -0.39 is 6.03 Å². The number of hydrogen-bond donors (Lipinski definition) is 2. The van der Waals surface area contributed by atoms with Gasteiger partial charge in [0.1, 0.15) is 0 Å². The fourth-order valence-corrected chi connectivity index (χ4v) is 0. The zero-order valence-electron chi connectivity index (χ0n) is 2.89. The van der Waals surface area contributed by atoms with E-state index in [1.165, 1.54) is 0 Å². The molecule has 5 heteroatoms. The molecule has 36 valence electrons. The summed E-state index contributed by atoms with van der Waals surface area (Å²) in [6.45, 7) is 0. The van der Waals surface area contributed by atoms with Gasteiger partial charge in [-0.05, 0) is 0 Å². The van der Waals surface area contributed by atoms with Crippen molar-refractivity contribution in [1.29, 1.82) is 0 Å². The molecule has 0 aromatic rings. The molecule has 0 atom stereocenters. The van der Waals surface area contributed by atoms with Crippen LogP contribution in [-0.4, -0.2) is 10.6 Å². The molecule has 0 unspecified atom stereocenters. The van der Waals surface area contributed by atoms with E-state index in [9.17, 15) is 4.79 Å². The van der Waals surface area contributed by atoms with Crippen LogP contribution in [0.4, 0.5) is 4.79 Å². The lowest BCUT2D eigenvalue weighted by Crippen LogP contribution is -2.32. The Morgan fingerprint density at radius 2 is 2.00 bits per heavy atom. The van der Waals surface area contributed by atoms with Crippen molar-refractivity contribution >= 4 is 17.8 Å². The van der Waals surface area contributed by atoms with Gasteiger partial charge in [-0.2, -0.15) is 4.53 Å². The van der Waals surface area contributed by atoms with Gasteiger partial charge in [-0.1, -0.05) is 0 Å². The van der Waals surface area contributed by atoms with E-state index in [0.29, 0.717) is 0 Å². The molecule has 4 nitrogen and oxygen atoms in total. The van der Waals surface area contributed by atoms with E-state index in [0.717, 1.165) is 0 Å². The van der Waals surface area contributed by atoms with Gasteiger partial charge in [-0.3, -0.25) is 0 Å². The van der Waals surface area contributed by atoms with Gasteiger partial charge in [0.25, 0.3) is 0 Å². The maximum atomic E-state index is 9.59. The maximum absolute atomic E-state index is 9.59. The number of hydrazine groups is 1. The first-order valence-corrected chi connectivity index (χ1v) is 1.48. The standard InChI is InChI=1S/CH4ClN3O/c2-5(4)1(3)6/h4H2,(H2,3,6). The molecule has 0 aromatic heterocycles. The van der Waals surface area contributed by atoms with Gasteiger partial charge in [0, 0.05) is 11.8 Å². The van der Waals surface area contributed by atoms with Crippen molar-refractivity contribution in [3.05, 3.63) is 0 Å². The first-order chi connectivity index (χ1) is 2.64. The smallest absolute Gasteiger partial charge is 0.344 e. The molecule has 0 spiro atoms. The second kappa shape index (κ2) is 1.84. The number of hydrogen-bond acceptors (Lipinski definition) is 2. The fraction of sp³-hybridized carbons (Fsp3) is 0. The summed E-state index contributed by atoms with van der Waals surface area (Å²) in [6, 6.07) is -0.864. The van der Waals surface area contributed by atoms with Gasteiger partial charge in [-0.15, -0.1) is 0 Å². The Hall–Kier alpha value is -0.480. The normalized spacial score (nSPS) is 7.67. The summed E-state index contributed by atoms with van der Waals surface area (Å²) < 4.78 is 0.278. The van der Waals surface area contributed by atoms with Gasteiger partial charge in [0.15, 0.2) is 0 Å². The van der Waals surface area contributed by atoms with Crippen molar-refractivity contribution in [3.8, 4) is 0 Å². The predicted molar refractivity (Wildman–Crippen MR) is 21.5 cm³/mol. The lowest BCUT2D eigenvalue weighted by atomic mass is 11.2. The third-order valence-corrected chi connectivity index (χ3v) is 0.377. The van der Waals surface area contributed by atoms with Crippen LogP contribution >= 0.6 is 11.8 Å². The molecule has 0 heterocycles. The fourth-order valence-electron chi connectivity index (χ4n) is 0. The van der Waals surface area contributed by atoms with Crippen LogP contribution in [0.25, 0.3) is 0 Å². The van der Waals surface area contributed by atoms with E-state index in [2.05, 4.69) is 11.6 Å². The molecule has 0 aliphatic heterocycles. The number of rotatable bonds is 0. The first-order valence-electron chi connectivity index (χ1n) is 1.14. The number of halogens is 1. The molecule has 0 rings (SSSR count). The molecule has 0 saturated carbocycles. The second-order valence-corrected chi connectivity index (χ2v) is 1.01. The minimum atomic E-state index is -0.864. The van der Waals surface area contributed by atoms with Crippen LogP contribution < -0.4 is 11.6 Å². The molecule has 0 aliphatic carbocycles. The molecule has 6 heavy (non-hydrogen) atoms. The van der Waals surface area contributed by atoms with Gasteiger partial charge < -0.3 is 5.73 Å². The number of carbonyl (C=O) groups excluding carboxylic acids is 1. The summed E-state index contributed by atoms with van der Waals surface area (Å²) in [5.41, 5.74) is 4.47. The van der Waals surface area contributed by atoms with Crippen LogP contribution in [0.3, 0.4) is 0 Å². The Bertz CT molecular complexity index is 61.8. The van der Waals surface area contributed by atoms with E-state index in [4.69, 9.17) is 11.8 Å². The zero-order chi connectivity index (χ0) is 5.15. The average Bonchev–Trinajstić information content (AvgIpc) is 1.36. The summed E-state index contributed by atoms with van der Waals surface area (Å²) >= 11 is 4.75. The number of nitrogens with two attached hydrogens (primary N) is 2. The molecule has 0 fully saturated rings. The largest absolute Gasteiger partial charge is 0.349 e. The molecule has 0 radical (unpaired) electrons. The molecular weight excluding hydrogens is 105 g/mol. The van der Waals surface area contributed by atoms with E-state index in [-0.39, 0.29) is 4.53 Å². The Morgan fingerprint density at radius 1 is 1.83 bits per heavy atom. The SMILES string of the molecule is NC(=O)N(N)Cl. The highest BCUT2D eigenvalue weighted by molar-refractivity contribution is 6.20. The molecule has 0 aliphatic rings. The topological polar surface area (TPSA) is 72.4 Å². The lowest BCUT2D eigenvalue weighted by molar-refractivity contribution is 0.234. The van der Waals surface area contributed by atoms with Crippen molar-refractivity contribution in [1.82, 2.24) is 4.53 Å². The summed E-state index contributed by atoms with van der Waals surface area (Å²) in [5.74, 6) is 4.56. The second-order valence-electron chi connectivity index (χ2n) is 0.649. The summed E-state index contributed by atoms with van der Waals surface area (Å²) in [7, 11) is 0. The van der Waals surface area contributed by atoms with E-state index in [1.54, 1.807) is 0 Å². The third kappa shape index (κ3) is 1.80. The van der Waals surface area contributed by atoms with Crippen molar-refractivity contribution in [3.63, 3.8) is 0 Å². The van der Waals surface area contributed by atoms with Crippen molar-refractivity contribution in [2.24, 2.45) is 11.6 Å². The number of amides is 2. The van der Waals surface area contributed by atoms with Crippen molar-refractivity contribution in [2.45, 2.75) is 0 Å². The minimum absolute atomic E-state index is 0.278. The third-order valence-electron chi connectivity index (χ3n) is 0.211. The number of urea groups is 1. The average molecular weight is 110 g/mol. The van der Waals surface area contributed by atoms with Crippen LogP contribution in [0, 0.1) is 0 Å². The highest BCUT2D eigenvalue weighted by Gasteiger charge is 1.93.